The van der Waals surface area contributed by atoms with Crippen LogP contribution >= 0.6 is 57.9 Å². The highest BCUT2D eigenvalue weighted by atomic mass is 35.5. The van der Waals surface area contributed by atoms with Crippen molar-refractivity contribution in [2.45, 2.75) is 35.6 Å². The number of nitrogens with zero attached hydrogens (tertiary/aromatic N) is 3. The van der Waals surface area contributed by atoms with E-state index in [0.717, 1.165) is 28.2 Å². The highest BCUT2D eigenvalue weighted by molar-refractivity contribution is 8.00. The summed E-state index contributed by atoms with van der Waals surface area (Å²) in [4.78, 5) is 28.3. The van der Waals surface area contributed by atoms with Crippen LogP contribution in [0.4, 0.5) is 5.13 Å². The standard InChI is InChI=1S/C29H20Cl3N3O4S2/c1-14-9-18-10-16(6-8-22(18)39-14)25(36)23-24(15-3-2-4-19(30)11-15)35(27(38)26(23)37)28-33-34-29(41-28)40-13-17-5-7-20(31)12-21(17)32/h2-8,10-12,14,24,36H,9,13H2,1H3/b25-23+/t14-,24+/m0/s1. The molecule has 0 spiro atoms. The molecule has 0 unspecified atom stereocenters. The molecule has 3 heterocycles. The van der Waals surface area contributed by atoms with E-state index in [9.17, 15) is 14.7 Å². The number of carbonyl (C=O) groups excluding carboxylic acids is 2. The summed E-state index contributed by atoms with van der Waals surface area (Å²) in [5.74, 6) is -0.686. The van der Waals surface area contributed by atoms with Crippen LogP contribution in [0.1, 0.15) is 35.2 Å². The molecule has 1 saturated heterocycles. The van der Waals surface area contributed by atoms with Crippen molar-refractivity contribution in [2.75, 3.05) is 4.90 Å². The van der Waals surface area contributed by atoms with Gasteiger partial charge in [-0.3, -0.25) is 14.5 Å². The number of ether oxygens (including phenoxy) is 1. The molecule has 2 aliphatic heterocycles. The predicted octanol–water partition coefficient (Wildman–Crippen LogP) is 7.74. The fourth-order valence-corrected chi connectivity index (χ4v) is 7.51. The third-order valence-corrected chi connectivity index (χ3v) is 9.67. The molecule has 1 amide bonds. The lowest BCUT2D eigenvalue weighted by atomic mass is 9.94. The SMILES string of the molecule is C[C@H]1Cc2cc(/C(O)=C3\C(=O)C(=O)N(c4nnc(SCc5ccc(Cl)cc5Cl)s4)[C@@H]3c3cccc(Cl)c3)ccc2O1. The first-order valence-corrected chi connectivity index (χ1v) is 15.4. The molecular formula is C29H20Cl3N3O4S2. The van der Waals surface area contributed by atoms with Crippen LogP contribution in [0.15, 0.2) is 70.6 Å². The number of hydrogen-bond acceptors (Lipinski definition) is 8. The Morgan fingerprint density at radius 1 is 1.07 bits per heavy atom. The number of benzene rings is 3. The number of hydrogen-bond donors (Lipinski definition) is 1. The fraction of sp³-hybridized carbons (Fsp3) is 0.172. The van der Waals surface area contributed by atoms with Gasteiger partial charge in [0.1, 0.15) is 17.6 Å². The minimum Gasteiger partial charge on any atom is -0.507 e. The lowest BCUT2D eigenvalue weighted by Gasteiger charge is -2.22. The molecule has 1 fully saturated rings. The minimum absolute atomic E-state index is 0.0135. The number of aromatic nitrogens is 2. The Labute approximate surface area is 258 Å². The number of ketones is 1. The molecule has 7 nitrogen and oxygen atoms in total. The number of aliphatic hydroxyl groups is 1. The molecule has 1 N–H and O–H groups in total. The summed E-state index contributed by atoms with van der Waals surface area (Å²) in [7, 11) is 0. The largest absolute Gasteiger partial charge is 0.507 e. The number of amides is 1. The monoisotopic (exact) mass is 643 g/mol. The molecular weight excluding hydrogens is 625 g/mol. The van der Waals surface area contributed by atoms with Gasteiger partial charge < -0.3 is 9.84 Å². The van der Waals surface area contributed by atoms with Gasteiger partial charge in [-0.1, -0.05) is 76.1 Å². The lowest BCUT2D eigenvalue weighted by molar-refractivity contribution is -0.132. The van der Waals surface area contributed by atoms with Gasteiger partial charge in [0, 0.05) is 32.8 Å². The van der Waals surface area contributed by atoms with E-state index in [4.69, 9.17) is 39.5 Å². The van der Waals surface area contributed by atoms with Gasteiger partial charge in [0.05, 0.1) is 11.6 Å². The Hall–Kier alpha value is -3.08. The number of rotatable bonds is 6. The summed E-state index contributed by atoms with van der Waals surface area (Å²) in [6.45, 7) is 1.96. The van der Waals surface area contributed by atoms with Crippen molar-refractivity contribution >= 4 is 80.5 Å². The highest BCUT2D eigenvalue weighted by Crippen LogP contribution is 2.45. The maximum Gasteiger partial charge on any atom is 0.301 e. The normalized spacial score (nSPS) is 19.5. The summed E-state index contributed by atoms with van der Waals surface area (Å²) < 4.78 is 6.35. The van der Waals surface area contributed by atoms with Gasteiger partial charge >= 0.3 is 5.91 Å². The fourth-order valence-electron chi connectivity index (χ4n) is 4.88. The predicted molar refractivity (Wildman–Crippen MR) is 162 cm³/mol. The van der Waals surface area contributed by atoms with E-state index in [1.807, 2.05) is 13.0 Å². The van der Waals surface area contributed by atoms with Crippen LogP contribution in [0.25, 0.3) is 5.76 Å². The summed E-state index contributed by atoms with van der Waals surface area (Å²) in [5, 5.41) is 21.7. The maximum atomic E-state index is 13.5. The second-order valence-electron chi connectivity index (χ2n) is 9.55. The topological polar surface area (TPSA) is 92.6 Å². The van der Waals surface area contributed by atoms with Crippen molar-refractivity contribution < 1.29 is 19.4 Å². The molecule has 2 aliphatic rings. The average molecular weight is 645 g/mol. The number of anilines is 1. The van der Waals surface area contributed by atoms with Gasteiger partial charge in [-0.15, -0.1) is 10.2 Å². The van der Waals surface area contributed by atoms with Crippen molar-refractivity contribution in [3.05, 3.63) is 104 Å². The Kier molecular flexibility index (Phi) is 7.74. The van der Waals surface area contributed by atoms with E-state index in [2.05, 4.69) is 10.2 Å². The number of carbonyl (C=O) groups is 2. The van der Waals surface area contributed by atoms with E-state index < -0.39 is 17.7 Å². The van der Waals surface area contributed by atoms with Crippen LogP contribution in [0.3, 0.4) is 0 Å². The molecule has 208 valence electrons. The summed E-state index contributed by atoms with van der Waals surface area (Å²) in [6, 6.07) is 16.4. The van der Waals surface area contributed by atoms with E-state index in [0.29, 0.717) is 42.7 Å². The van der Waals surface area contributed by atoms with E-state index in [1.54, 1.807) is 54.6 Å². The van der Waals surface area contributed by atoms with Gasteiger partial charge in [-0.25, -0.2) is 0 Å². The summed E-state index contributed by atoms with van der Waals surface area (Å²) in [5.41, 5.74) is 2.70. The Balaban J connectivity index is 1.38. The molecule has 0 aliphatic carbocycles. The molecule has 4 aromatic rings. The van der Waals surface area contributed by atoms with Crippen molar-refractivity contribution in [2.24, 2.45) is 0 Å². The Morgan fingerprint density at radius 3 is 2.66 bits per heavy atom. The number of Topliss-reactive ketones (excluding diaryl/α,β-unsaturated/α-hetero) is 1. The second kappa shape index (κ2) is 11.3. The van der Waals surface area contributed by atoms with Gasteiger partial charge in [0.15, 0.2) is 4.34 Å². The van der Waals surface area contributed by atoms with Crippen LogP contribution in [0.2, 0.25) is 15.1 Å². The van der Waals surface area contributed by atoms with E-state index >= 15 is 0 Å². The van der Waals surface area contributed by atoms with Gasteiger partial charge in [-0.2, -0.15) is 0 Å². The lowest BCUT2D eigenvalue weighted by Crippen LogP contribution is -2.29. The molecule has 2 atom stereocenters. The Bertz CT molecular complexity index is 1740. The average Bonchev–Trinajstić information content (AvgIpc) is 3.62. The van der Waals surface area contributed by atoms with Gasteiger partial charge in [0.2, 0.25) is 5.13 Å². The first-order valence-electron chi connectivity index (χ1n) is 12.5. The molecule has 0 bridgehead atoms. The number of fused-ring (bicyclic) bond motifs is 1. The third kappa shape index (κ3) is 5.45. The summed E-state index contributed by atoms with van der Waals surface area (Å²) >= 11 is 21.2. The van der Waals surface area contributed by atoms with Crippen LogP contribution in [0.5, 0.6) is 5.75 Å². The minimum atomic E-state index is -0.964. The van der Waals surface area contributed by atoms with Crippen molar-refractivity contribution in [3.8, 4) is 5.75 Å². The molecule has 6 rings (SSSR count). The maximum absolute atomic E-state index is 13.5. The molecule has 3 aromatic carbocycles. The molecule has 0 radical (unpaired) electrons. The summed E-state index contributed by atoms with van der Waals surface area (Å²) in [6.07, 6.45) is 0.689. The zero-order valence-electron chi connectivity index (χ0n) is 21.3. The van der Waals surface area contributed by atoms with Crippen molar-refractivity contribution in [1.29, 1.82) is 0 Å². The van der Waals surface area contributed by atoms with Crippen LogP contribution in [-0.2, 0) is 21.8 Å². The van der Waals surface area contributed by atoms with E-state index in [-0.39, 0.29) is 22.6 Å². The quantitative estimate of drug-likeness (QED) is 0.0755. The molecule has 41 heavy (non-hydrogen) atoms. The first kappa shape index (κ1) is 28.1. The van der Waals surface area contributed by atoms with Crippen molar-refractivity contribution in [1.82, 2.24) is 10.2 Å². The van der Waals surface area contributed by atoms with Gasteiger partial charge in [-0.05, 0) is 66.1 Å². The van der Waals surface area contributed by atoms with Crippen LogP contribution in [-0.4, -0.2) is 33.1 Å². The highest BCUT2D eigenvalue weighted by Gasteiger charge is 2.48. The Morgan fingerprint density at radius 2 is 1.88 bits per heavy atom. The number of thioether (sulfide) groups is 1. The van der Waals surface area contributed by atoms with Crippen LogP contribution in [0, 0.1) is 0 Å². The van der Waals surface area contributed by atoms with Gasteiger partial charge in [0.25, 0.3) is 5.78 Å². The van der Waals surface area contributed by atoms with Crippen molar-refractivity contribution in [3.63, 3.8) is 0 Å². The van der Waals surface area contributed by atoms with E-state index in [1.165, 1.54) is 16.7 Å². The third-order valence-electron chi connectivity index (χ3n) is 6.75. The molecule has 12 heteroatoms. The zero-order chi connectivity index (χ0) is 28.8. The number of halogens is 3. The molecule has 0 saturated carbocycles. The zero-order valence-corrected chi connectivity index (χ0v) is 25.2. The van der Waals surface area contributed by atoms with Crippen LogP contribution < -0.4 is 9.64 Å². The smallest absolute Gasteiger partial charge is 0.301 e. The molecule has 1 aromatic heterocycles. The number of aliphatic hydroxyl groups excluding tert-OH is 1. The second-order valence-corrected chi connectivity index (χ2v) is 13.0. The first-order chi connectivity index (χ1) is 19.7.